The normalized spacial score (nSPS) is 11.4. The van der Waals surface area contributed by atoms with Gasteiger partial charge in [0.2, 0.25) is 0 Å². The first-order valence-electron chi connectivity index (χ1n) is 8.83. The van der Waals surface area contributed by atoms with Crippen molar-refractivity contribution in [2.24, 2.45) is 0 Å². The molecule has 0 atom stereocenters. The summed E-state index contributed by atoms with van der Waals surface area (Å²) < 4.78 is 1.51. The van der Waals surface area contributed by atoms with Crippen LogP contribution in [0.5, 0.6) is 0 Å². The zero-order chi connectivity index (χ0) is 19.8. The lowest BCUT2D eigenvalue weighted by Gasteiger charge is -2.20. The molecule has 0 fully saturated rings. The second-order valence-corrected chi connectivity index (χ2v) is 7.18. The largest absolute Gasteiger partial charge is 0.465 e. The highest BCUT2D eigenvalue weighted by Crippen LogP contribution is 2.27. The molecule has 0 spiro atoms. The van der Waals surface area contributed by atoms with Gasteiger partial charge in [-0.3, -0.25) is 9.88 Å². The molecular weight excluding hydrogens is 378 g/mol. The lowest BCUT2D eigenvalue weighted by molar-refractivity contribution is 0.201. The summed E-state index contributed by atoms with van der Waals surface area (Å²) in [5, 5.41) is 15.4. The van der Waals surface area contributed by atoms with E-state index in [1.54, 1.807) is 6.20 Å². The van der Waals surface area contributed by atoms with Crippen LogP contribution in [0.4, 0.5) is 10.6 Å². The molecule has 8 heteroatoms. The van der Waals surface area contributed by atoms with Gasteiger partial charge in [0.25, 0.3) is 0 Å². The molecule has 0 aliphatic rings. The van der Waals surface area contributed by atoms with Gasteiger partial charge < -0.3 is 5.11 Å². The summed E-state index contributed by atoms with van der Waals surface area (Å²) in [7, 11) is 0. The molecule has 28 heavy (non-hydrogen) atoms. The van der Waals surface area contributed by atoms with E-state index in [9.17, 15) is 9.90 Å². The van der Waals surface area contributed by atoms with Crippen LogP contribution in [0.3, 0.4) is 0 Å². The first-order valence-corrected chi connectivity index (χ1v) is 9.21. The third kappa shape index (κ3) is 3.25. The third-order valence-corrected chi connectivity index (χ3v) is 4.75. The maximum absolute atomic E-state index is 12.1. The Kier molecular flexibility index (Phi) is 4.60. The minimum Gasteiger partial charge on any atom is -0.465 e. The number of aromatic nitrogens is 4. The fourth-order valence-corrected chi connectivity index (χ4v) is 3.32. The van der Waals surface area contributed by atoms with Crippen molar-refractivity contribution in [2.75, 3.05) is 4.90 Å². The fraction of sp³-hybridized carbons (Fsp3) is 0.200. The van der Waals surface area contributed by atoms with E-state index in [-0.39, 0.29) is 17.6 Å². The van der Waals surface area contributed by atoms with Crippen LogP contribution in [0.15, 0.2) is 48.7 Å². The zero-order valence-electron chi connectivity index (χ0n) is 15.4. The van der Waals surface area contributed by atoms with Crippen LogP contribution >= 0.6 is 11.6 Å². The lowest BCUT2D eigenvalue weighted by Crippen LogP contribution is -2.31. The van der Waals surface area contributed by atoms with Crippen LogP contribution < -0.4 is 4.90 Å². The van der Waals surface area contributed by atoms with Crippen molar-refractivity contribution in [1.29, 1.82) is 0 Å². The Morgan fingerprint density at radius 1 is 1.21 bits per heavy atom. The van der Waals surface area contributed by atoms with Crippen molar-refractivity contribution < 1.29 is 9.90 Å². The monoisotopic (exact) mass is 395 g/mol. The van der Waals surface area contributed by atoms with E-state index < -0.39 is 6.09 Å². The summed E-state index contributed by atoms with van der Waals surface area (Å²) in [5.74, 6) is 0.501. The highest BCUT2D eigenvalue weighted by Gasteiger charge is 2.22. The molecule has 0 unspecified atom stereocenters. The number of halogens is 1. The first kappa shape index (κ1) is 18.2. The van der Waals surface area contributed by atoms with Crippen LogP contribution in [-0.4, -0.2) is 30.8 Å². The van der Waals surface area contributed by atoms with E-state index in [1.807, 2.05) is 50.2 Å². The van der Waals surface area contributed by atoms with Gasteiger partial charge >= 0.3 is 6.09 Å². The maximum Gasteiger partial charge on any atom is 0.413 e. The Bertz CT molecular complexity index is 1190. The number of benzene rings is 1. The number of anilines is 1. The van der Waals surface area contributed by atoms with Crippen LogP contribution in [0.2, 0.25) is 5.15 Å². The SMILES string of the molecule is CC(C)c1cnn2c(N(Cc3ccc4ccccc4n3)C(=O)O)cc(Cl)nc12. The Morgan fingerprint density at radius 3 is 2.75 bits per heavy atom. The molecule has 142 valence electrons. The van der Waals surface area contributed by atoms with Gasteiger partial charge in [0, 0.05) is 17.0 Å². The topological polar surface area (TPSA) is 83.6 Å². The second-order valence-electron chi connectivity index (χ2n) is 6.79. The maximum atomic E-state index is 12.1. The van der Waals surface area contributed by atoms with Crippen LogP contribution in [-0.2, 0) is 6.54 Å². The Labute approximate surface area is 166 Å². The van der Waals surface area contributed by atoms with Gasteiger partial charge in [-0.1, -0.05) is 49.7 Å². The molecule has 7 nitrogen and oxygen atoms in total. The second kappa shape index (κ2) is 7.09. The molecule has 1 amide bonds. The molecule has 0 bridgehead atoms. The van der Waals surface area contributed by atoms with Crippen molar-refractivity contribution in [3.63, 3.8) is 0 Å². The van der Waals surface area contributed by atoms with Crippen LogP contribution in [0, 0.1) is 0 Å². The predicted molar refractivity (Wildman–Crippen MR) is 108 cm³/mol. The summed E-state index contributed by atoms with van der Waals surface area (Å²) in [6.45, 7) is 4.10. The molecule has 1 aromatic carbocycles. The molecule has 1 N–H and O–H groups in total. The number of rotatable bonds is 4. The van der Waals surface area contributed by atoms with E-state index in [4.69, 9.17) is 11.6 Å². The van der Waals surface area contributed by atoms with E-state index in [2.05, 4.69) is 15.1 Å². The van der Waals surface area contributed by atoms with Crippen LogP contribution in [0.25, 0.3) is 16.6 Å². The van der Waals surface area contributed by atoms with E-state index >= 15 is 0 Å². The average Bonchev–Trinajstić information content (AvgIpc) is 3.09. The average molecular weight is 396 g/mol. The summed E-state index contributed by atoms with van der Waals surface area (Å²) in [6.07, 6.45) is 0.571. The highest BCUT2D eigenvalue weighted by molar-refractivity contribution is 6.29. The standard InChI is InChI=1S/C20H18ClN5O2/c1-12(2)15-10-22-26-18(9-17(21)24-19(15)26)25(20(27)28)11-14-8-7-13-5-3-4-6-16(13)23-14/h3-10,12H,11H2,1-2H3,(H,27,28). The number of amides is 1. The highest BCUT2D eigenvalue weighted by atomic mass is 35.5. The summed E-state index contributed by atoms with van der Waals surface area (Å²) in [5.41, 5.74) is 2.89. The van der Waals surface area contributed by atoms with E-state index in [1.165, 1.54) is 15.5 Å². The Hall–Kier alpha value is -3.19. The number of carboxylic acid groups (broad SMARTS) is 1. The van der Waals surface area contributed by atoms with Crippen molar-refractivity contribution >= 4 is 40.1 Å². The molecule has 0 saturated heterocycles. The Balaban J connectivity index is 1.80. The van der Waals surface area contributed by atoms with Crippen molar-refractivity contribution in [3.05, 3.63) is 65.1 Å². The van der Waals surface area contributed by atoms with Gasteiger partial charge in [-0.25, -0.2) is 9.78 Å². The predicted octanol–water partition coefficient (Wildman–Crippen LogP) is 4.74. The van der Waals surface area contributed by atoms with Gasteiger partial charge in [0.05, 0.1) is 24.0 Å². The zero-order valence-corrected chi connectivity index (χ0v) is 16.1. The van der Waals surface area contributed by atoms with Crippen molar-refractivity contribution in [2.45, 2.75) is 26.3 Å². The van der Waals surface area contributed by atoms with Crippen LogP contribution in [0.1, 0.15) is 31.0 Å². The molecule has 0 aliphatic carbocycles. The smallest absolute Gasteiger partial charge is 0.413 e. The number of hydrogen-bond donors (Lipinski definition) is 1. The molecule has 0 aliphatic heterocycles. The van der Waals surface area contributed by atoms with Crippen molar-refractivity contribution in [1.82, 2.24) is 19.6 Å². The van der Waals surface area contributed by atoms with Gasteiger partial charge in [-0.05, 0) is 18.1 Å². The number of carbonyl (C=O) groups is 1. The molecule has 0 saturated carbocycles. The molecule has 3 heterocycles. The fourth-order valence-electron chi connectivity index (χ4n) is 3.14. The summed E-state index contributed by atoms with van der Waals surface area (Å²) in [4.78, 5) is 22.1. The van der Waals surface area contributed by atoms with Gasteiger partial charge in [0.1, 0.15) is 11.0 Å². The molecule has 0 radical (unpaired) electrons. The quantitative estimate of drug-likeness (QED) is 0.504. The number of nitrogens with zero attached hydrogens (tertiary/aromatic N) is 5. The van der Waals surface area contributed by atoms with Gasteiger partial charge in [-0.15, -0.1) is 0 Å². The molecule has 4 rings (SSSR count). The minimum absolute atomic E-state index is 0.0620. The first-order chi connectivity index (χ1) is 13.4. The van der Waals surface area contributed by atoms with E-state index in [0.29, 0.717) is 17.2 Å². The number of para-hydroxylation sites is 1. The molecule has 3 aromatic heterocycles. The molecular formula is C20H18ClN5O2. The lowest BCUT2D eigenvalue weighted by atomic mass is 10.1. The number of pyridine rings is 1. The third-order valence-electron chi connectivity index (χ3n) is 4.55. The number of fused-ring (bicyclic) bond motifs is 2. The summed E-state index contributed by atoms with van der Waals surface area (Å²) >= 11 is 6.20. The van der Waals surface area contributed by atoms with E-state index in [0.717, 1.165) is 16.5 Å². The number of hydrogen-bond acceptors (Lipinski definition) is 4. The Morgan fingerprint density at radius 2 is 2.00 bits per heavy atom. The summed E-state index contributed by atoms with van der Waals surface area (Å²) in [6, 6.07) is 12.9. The minimum atomic E-state index is -1.12. The van der Waals surface area contributed by atoms with Gasteiger partial charge in [0.15, 0.2) is 5.65 Å². The van der Waals surface area contributed by atoms with Crippen molar-refractivity contribution in [3.8, 4) is 0 Å². The molecule has 4 aromatic rings. The van der Waals surface area contributed by atoms with Gasteiger partial charge in [-0.2, -0.15) is 9.61 Å².